The number of nitrogens with zero attached hydrogens (tertiary/aromatic N) is 1. The number of nitro groups is 1. The monoisotopic (exact) mass is 342 g/mol. The number of amides is 1. The average Bonchev–Trinajstić information content (AvgIpc) is 2.56. The number of methoxy groups -OCH3 is 1. The number of nitrogens with one attached hydrogen (secondary N) is 1. The van der Waals surface area contributed by atoms with Crippen LogP contribution in [0.15, 0.2) is 36.4 Å². The molecule has 2 rings (SSSR count). The molecule has 0 bridgehead atoms. The van der Waals surface area contributed by atoms with Gasteiger partial charge in [0.25, 0.3) is 5.69 Å². The van der Waals surface area contributed by atoms with Crippen LogP contribution >= 0.6 is 0 Å². The molecule has 0 saturated carbocycles. The molecule has 7 heteroatoms. The summed E-state index contributed by atoms with van der Waals surface area (Å²) in [6.07, 6.45) is -0.0214. The smallest absolute Gasteiger partial charge is 0.271 e. The number of ether oxygens (including phenoxy) is 1. The van der Waals surface area contributed by atoms with Crippen molar-refractivity contribution in [2.24, 2.45) is 0 Å². The molecule has 0 aromatic heterocycles. The van der Waals surface area contributed by atoms with E-state index in [1.165, 1.54) is 26.2 Å². The SMILES string of the molecule is COc1ccc(C(C)=O)cc1CC(=O)Nc1cc([N+](=O)[O-])ccc1C. The van der Waals surface area contributed by atoms with Crippen LogP contribution in [-0.4, -0.2) is 23.7 Å². The fourth-order valence-electron chi connectivity index (χ4n) is 2.36. The van der Waals surface area contributed by atoms with Crippen LogP contribution in [0.25, 0.3) is 0 Å². The van der Waals surface area contributed by atoms with Crippen molar-refractivity contribution in [3.8, 4) is 5.75 Å². The second kappa shape index (κ2) is 7.57. The van der Waals surface area contributed by atoms with Gasteiger partial charge in [0, 0.05) is 23.3 Å². The molecular weight excluding hydrogens is 324 g/mol. The maximum Gasteiger partial charge on any atom is 0.271 e. The summed E-state index contributed by atoms with van der Waals surface area (Å²) in [4.78, 5) is 34.2. The predicted molar refractivity (Wildman–Crippen MR) is 93.2 cm³/mol. The Hall–Kier alpha value is -3.22. The van der Waals surface area contributed by atoms with Crippen LogP contribution in [0.3, 0.4) is 0 Å². The van der Waals surface area contributed by atoms with Crippen LogP contribution in [0.4, 0.5) is 11.4 Å². The Bertz CT molecular complexity index is 845. The number of anilines is 1. The Morgan fingerprint density at radius 2 is 1.92 bits per heavy atom. The fourth-order valence-corrected chi connectivity index (χ4v) is 2.36. The number of non-ortho nitro benzene ring substituents is 1. The van der Waals surface area contributed by atoms with Gasteiger partial charge in [-0.25, -0.2) is 0 Å². The van der Waals surface area contributed by atoms with E-state index in [0.29, 0.717) is 28.1 Å². The average molecular weight is 342 g/mol. The van der Waals surface area contributed by atoms with E-state index in [9.17, 15) is 19.7 Å². The van der Waals surface area contributed by atoms with E-state index in [2.05, 4.69) is 5.32 Å². The second-order valence-electron chi connectivity index (χ2n) is 5.56. The van der Waals surface area contributed by atoms with Crippen molar-refractivity contribution in [2.45, 2.75) is 20.3 Å². The second-order valence-corrected chi connectivity index (χ2v) is 5.56. The minimum atomic E-state index is -0.519. The molecule has 2 aromatic carbocycles. The number of hydrogen-bond donors (Lipinski definition) is 1. The highest BCUT2D eigenvalue weighted by molar-refractivity contribution is 5.96. The molecule has 0 atom stereocenters. The van der Waals surface area contributed by atoms with Gasteiger partial charge in [-0.2, -0.15) is 0 Å². The Kier molecular flexibility index (Phi) is 5.49. The minimum absolute atomic E-state index is 0.0214. The van der Waals surface area contributed by atoms with Gasteiger partial charge in [-0.3, -0.25) is 19.7 Å². The van der Waals surface area contributed by atoms with Crippen LogP contribution in [0.2, 0.25) is 0 Å². The molecule has 0 spiro atoms. The van der Waals surface area contributed by atoms with Crippen molar-refractivity contribution in [1.82, 2.24) is 0 Å². The third-order valence-corrected chi connectivity index (χ3v) is 3.74. The molecule has 130 valence electrons. The first-order valence-corrected chi connectivity index (χ1v) is 7.54. The van der Waals surface area contributed by atoms with Gasteiger partial charge in [-0.05, 0) is 37.6 Å². The Morgan fingerprint density at radius 1 is 1.20 bits per heavy atom. The zero-order valence-electron chi connectivity index (χ0n) is 14.2. The molecule has 0 aliphatic heterocycles. The van der Waals surface area contributed by atoms with Crippen molar-refractivity contribution in [3.05, 3.63) is 63.2 Å². The zero-order chi connectivity index (χ0) is 18.6. The number of aryl methyl sites for hydroxylation is 1. The summed E-state index contributed by atoms with van der Waals surface area (Å²) in [5, 5.41) is 13.5. The van der Waals surface area contributed by atoms with Crippen LogP contribution in [0.5, 0.6) is 5.75 Å². The molecule has 25 heavy (non-hydrogen) atoms. The van der Waals surface area contributed by atoms with Crippen molar-refractivity contribution in [2.75, 3.05) is 12.4 Å². The number of Topliss-reactive ketones (excluding diaryl/α,β-unsaturated/α-hetero) is 1. The predicted octanol–water partition coefficient (Wildman–Crippen LogP) is 3.30. The Balaban J connectivity index is 2.23. The van der Waals surface area contributed by atoms with Gasteiger partial charge in [0.05, 0.1) is 24.1 Å². The molecule has 0 heterocycles. The van der Waals surface area contributed by atoms with Crippen molar-refractivity contribution < 1.29 is 19.2 Å². The van der Waals surface area contributed by atoms with Crippen molar-refractivity contribution >= 4 is 23.1 Å². The number of rotatable bonds is 6. The van der Waals surface area contributed by atoms with Gasteiger partial charge in [0.15, 0.2) is 5.78 Å². The molecular formula is C18H18N2O5. The van der Waals surface area contributed by atoms with E-state index in [1.54, 1.807) is 31.2 Å². The molecule has 0 fully saturated rings. The van der Waals surface area contributed by atoms with Gasteiger partial charge >= 0.3 is 0 Å². The molecule has 0 aliphatic carbocycles. The molecule has 7 nitrogen and oxygen atoms in total. The van der Waals surface area contributed by atoms with Crippen molar-refractivity contribution in [1.29, 1.82) is 0 Å². The summed E-state index contributed by atoms with van der Waals surface area (Å²) in [6.45, 7) is 3.19. The fraction of sp³-hybridized carbons (Fsp3) is 0.222. The highest BCUT2D eigenvalue weighted by atomic mass is 16.6. The molecule has 0 unspecified atom stereocenters. The third-order valence-electron chi connectivity index (χ3n) is 3.74. The summed E-state index contributed by atoms with van der Waals surface area (Å²) < 4.78 is 5.22. The van der Waals surface area contributed by atoms with Gasteiger partial charge in [-0.1, -0.05) is 6.07 Å². The maximum atomic E-state index is 12.3. The van der Waals surface area contributed by atoms with E-state index in [4.69, 9.17) is 4.74 Å². The zero-order valence-corrected chi connectivity index (χ0v) is 14.2. The number of carbonyl (C=O) groups is 2. The minimum Gasteiger partial charge on any atom is -0.496 e. The van der Waals surface area contributed by atoms with Crippen molar-refractivity contribution in [3.63, 3.8) is 0 Å². The lowest BCUT2D eigenvalue weighted by atomic mass is 10.0. The number of ketones is 1. The van der Waals surface area contributed by atoms with Crippen LogP contribution < -0.4 is 10.1 Å². The van der Waals surface area contributed by atoms with Crippen LogP contribution in [0, 0.1) is 17.0 Å². The van der Waals surface area contributed by atoms with Gasteiger partial charge < -0.3 is 10.1 Å². The van der Waals surface area contributed by atoms with Gasteiger partial charge in [0.2, 0.25) is 5.91 Å². The standard InChI is InChI=1S/C18H18N2O5/c1-11-4-6-15(20(23)24)10-16(11)19-18(22)9-14-8-13(12(2)21)5-7-17(14)25-3/h4-8,10H,9H2,1-3H3,(H,19,22). The first-order valence-electron chi connectivity index (χ1n) is 7.54. The number of hydrogen-bond acceptors (Lipinski definition) is 5. The summed E-state index contributed by atoms with van der Waals surface area (Å²) in [5.41, 5.74) is 2.03. The summed E-state index contributed by atoms with van der Waals surface area (Å²) in [5.74, 6) is 0.0253. The van der Waals surface area contributed by atoms with Crippen LogP contribution in [0.1, 0.15) is 28.4 Å². The summed E-state index contributed by atoms with van der Waals surface area (Å²) in [7, 11) is 1.48. The number of carbonyl (C=O) groups excluding carboxylic acids is 2. The highest BCUT2D eigenvalue weighted by Crippen LogP contribution is 2.24. The van der Waals surface area contributed by atoms with E-state index < -0.39 is 4.92 Å². The quantitative estimate of drug-likeness (QED) is 0.493. The topological polar surface area (TPSA) is 98.5 Å². The van der Waals surface area contributed by atoms with Gasteiger partial charge in [0.1, 0.15) is 5.75 Å². The lowest BCUT2D eigenvalue weighted by molar-refractivity contribution is -0.384. The number of nitro benzene ring substituents is 1. The number of benzene rings is 2. The molecule has 2 aromatic rings. The van der Waals surface area contributed by atoms with E-state index >= 15 is 0 Å². The van der Waals surface area contributed by atoms with Gasteiger partial charge in [-0.15, -0.1) is 0 Å². The first kappa shape index (κ1) is 18.1. The van der Waals surface area contributed by atoms with Crippen LogP contribution in [-0.2, 0) is 11.2 Å². The summed E-state index contributed by atoms with van der Waals surface area (Å²) in [6, 6.07) is 9.15. The Labute approximate surface area is 144 Å². The largest absolute Gasteiger partial charge is 0.496 e. The van der Waals surface area contributed by atoms with E-state index in [-0.39, 0.29) is 23.8 Å². The van der Waals surface area contributed by atoms with E-state index in [1.807, 2.05) is 0 Å². The van der Waals surface area contributed by atoms with E-state index in [0.717, 1.165) is 0 Å². The normalized spacial score (nSPS) is 10.2. The highest BCUT2D eigenvalue weighted by Gasteiger charge is 2.14. The molecule has 0 saturated heterocycles. The lowest BCUT2D eigenvalue weighted by Gasteiger charge is -2.11. The molecule has 1 amide bonds. The Morgan fingerprint density at radius 3 is 2.52 bits per heavy atom. The third kappa shape index (κ3) is 4.41. The molecule has 1 N–H and O–H groups in total. The lowest BCUT2D eigenvalue weighted by Crippen LogP contribution is -2.16. The maximum absolute atomic E-state index is 12.3. The molecule has 0 radical (unpaired) electrons. The first-order chi connectivity index (χ1) is 11.8. The summed E-state index contributed by atoms with van der Waals surface area (Å²) >= 11 is 0. The molecule has 0 aliphatic rings.